The molecule has 0 aromatic heterocycles. The molecule has 1 heterocycles. The summed E-state index contributed by atoms with van der Waals surface area (Å²) in [7, 11) is 0. The fourth-order valence-electron chi connectivity index (χ4n) is 3.07. The van der Waals surface area contributed by atoms with E-state index in [0.29, 0.717) is 5.41 Å². The van der Waals surface area contributed by atoms with Gasteiger partial charge in [-0.05, 0) is 43.4 Å². The van der Waals surface area contributed by atoms with Crippen LogP contribution in [0.25, 0.3) is 0 Å². The van der Waals surface area contributed by atoms with Crippen molar-refractivity contribution in [1.82, 2.24) is 5.32 Å². The van der Waals surface area contributed by atoms with Crippen LogP contribution in [0.2, 0.25) is 0 Å². The van der Waals surface area contributed by atoms with Crippen molar-refractivity contribution in [3.05, 3.63) is 29.3 Å². The van der Waals surface area contributed by atoms with E-state index in [4.69, 9.17) is 0 Å². The van der Waals surface area contributed by atoms with E-state index in [1.165, 1.54) is 49.2 Å². The number of piperidine rings is 1. The Balaban J connectivity index is 2.12. The molecule has 2 nitrogen and oxygen atoms in total. The van der Waals surface area contributed by atoms with E-state index < -0.39 is 0 Å². The average molecular weight is 274 g/mol. The van der Waals surface area contributed by atoms with Gasteiger partial charge in [0.05, 0.1) is 0 Å². The minimum absolute atomic E-state index is 0.559. The van der Waals surface area contributed by atoms with Crippen LogP contribution >= 0.6 is 0 Å². The van der Waals surface area contributed by atoms with E-state index in [1.807, 2.05) is 0 Å². The summed E-state index contributed by atoms with van der Waals surface area (Å²) < 4.78 is 0. The number of hydrogen-bond donors (Lipinski definition) is 1. The minimum Gasteiger partial charge on any atom is -0.371 e. The van der Waals surface area contributed by atoms with Gasteiger partial charge in [-0.15, -0.1) is 0 Å². The third-order valence-corrected chi connectivity index (χ3v) is 4.97. The van der Waals surface area contributed by atoms with E-state index in [-0.39, 0.29) is 0 Å². The molecule has 20 heavy (non-hydrogen) atoms. The molecule has 1 N–H and O–H groups in total. The lowest BCUT2D eigenvalue weighted by molar-refractivity contribution is 0.238. The normalized spacial score (nSPS) is 18.3. The van der Waals surface area contributed by atoms with Crippen LogP contribution in [-0.2, 0) is 6.54 Å². The molecule has 1 aromatic carbocycles. The van der Waals surface area contributed by atoms with E-state index >= 15 is 0 Å². The largest absolute Gasteiger partial charge is 0.371 e. The SMILES string of the molecule is CCNCc1cc(C)ccc1N1CCC(C)(CC)CC1. The molecule has 2 heteroatoms. The van der Waals surface area contributed by atoms with E-state index in [2.05, 4.69) is 56.1 Å². The summed E-state index contributed by atoms with van der Waals surface area (Å²) in [6, 6.07) is 6.90. The number of aryl methyl sites for hydroxylation is 1. The van der Waals surface area contributed by atoms with Crippen molar-refractivity contribution in [3.63, 3.8) is 0 Å². The molecule has 0 bridgehead atoms. The summed E-state index contributed by atoms with van der Waals surface area (Å²) in [6.45, 7) is 13.5. The van der Waals surface area contributed by atoms with Gasteiger partial charge in [0.2, 0.25) is 0 Å². The van der Waals surface area contributed by atoms with Gasteiger partial charge < -0.3 is 10.2 Å². The minimum atomic E-state index is 0.559. The fourth-order valence-corrected chi connectivity index (χ4v) is 3.07. The molecule has 0 radical (unpaired) electrons. The second-order valence-corrected chi connectivity index (χ2v) is 6.56. The summed E-state index contributed by atoms with van der Waals surface area (Å²) in [5.41, 5.74) is 4.81. The lowest BCUT2D eigenvalue weighted by Crippen LogP contribution is -2.39. The van der Waals surface area contributed by atoms with Crippen LogP contribution in [0.5, 0.6) is 0 Å². The Morgan fingerprint density at radius 1 is 1.20 bits per heavy atom. The molecule has 112 valence electrons. The lowest BCUT2D eigenvalue weighted by atomic mass is 9.78. The summed E-state index contributed by atoms with van der Waals surface area (Å²) in [4.78, 5) is 2.59. The van der Waals surface area contributed by atoms with Crippen LogP contribution in [0.15, 0.2) is 18.2 Å². The Labute approximate surface area is 124 Å². The molecule has 1 aromatic rings. The molecule has 0 spiro atoms. The average Bonchev–Trinajstić information content (AvgIpc) is 2.46. The van der Waals surface area contributed by atoms with Crippen molar-refractivity contribution in [3.8, 4) is 0 Å². The van der Waals surface area contributed by atoms with Gasteiger partial charge in [0.1, 0.15) is 0 Å². The van der Waals surface area contributed by atoms with Gasteiger partial charge >= 0.3 is 0 Å². The quantitative estimate of drug-likeness (QED) is 0.869. The second-order valence-electron chi connectivity index (χ2n) is 6.56. The molecule has 0 unspecified atom stereocenters. The summed E-state index contributed by atoms with van der Waals surface area (Å²) >= 11 is 0. The van der Waals surface area contributed by atoms with Gasteiger partial charge in [0.25, 0.3) is 0 Å². The number of rotatable bonds is 5. The monoisotopic (exact) mass is 274 g/mol. The highest BCUT2D eigenvalue weighted by Gasteiger charge is 2.28. The summed E-state index contributed by atoms with van der Waals surface area (Å²) in [6.07, 6.45) is 3.94. The smallest absolute Gasteiger partial charge is 0.0412 e. The van der Waals surface area contributed by atoms with Gasteiger partial charge in [-0.3, -0.25) is 0 Å². The van der Waals surface area contributed by atoms with Crippen molar-refractivity contribution >= 4 is 5.69 Å². The van der Waals surface area contributed by atoms with Gasteiger partial charge in [-0.1, -0.05) is 44.9 Å². The maximum atomic E-state index is 3.47. The predicted molar refractivity (Wildman–Crippen MR) is 88.4 cm³/mol. The summed E-state index contributed by atoms with van der Waals surface area (Å²) in [5, 5.41) is 3.47. The predicted octanol–water partition coefficient (Wildman–Crippen LogP) is 4.12. The van der Waals surface area contributed by atoms with Crippen LogP contribution in [0.1, 0.15) is 51.2 Å². The van der Waals surface area contributed by atoms with E-state index in [0.717, 1.165) is 13.1 Å². The third-order valence-electron chi connectivity index (χ3n) is 4.97. The first-order chi connectivity index (χ1) is 9.58. The Bertz CT molecular complexity index is 431. The number of hydrogen-bond acceptors (Lipinski definition) is 2. The molecule has 0 amide bonds. The Hall–Kier alpha value is -1.02. The van der Waals surface area contributed by atoms with Gasteiger partial charge in [0, 0.05) is 25.3 Å². The Kier molecular flexibility index (Phi) is 5.09. The van der Waals surface area contributed by atoms with Crippen LogP contribution in [-0.4, -0.2) is 19.6 Å². The van der Waals surface area contributed by atoms with Crippen LogP contribution in [0.3, 0.4) is 0 Å². The molecule has 1 saturated heterocycles. The number of anilines is 1. The topological polar surface area (TPSA) is 15.3 Å². The van der Waals surface area contributed by atoms with Crippen molar-refractivity contribution < 1.29 is 0 Å². The number of benzene rings is 1. The van der Waals surface area contributed by atoms with Gasteiger partial charge in [-0.25, -0.2) is 0 Å². The zero-order valence-corrected chi connectivity index (χ0v) is 13.6. The second kappa shape index (κ2) is 6.62. The van der Waals surface area contributed by atoms with Crippen molar-refractivity contribution in [2.45, 2.75) is 53.5 Å². The van der Waals surface area contributed by atoms with Crippen LogP contribution < -0.4 is 10.2 Å². The lowest BCUT2D eigenvalue weighted by Gasteiger charge is -2.40. The highest BCUT2D eigenvalue weighted by Crippen LogP contribution is 2.36. The van der Waals surface area contributed by atoms with Gasteiger partial charge in [0.15, 0.2) is 0 Å². The zero-order chi connectivity index (χ0) is 14.6. The Morgan fingerprint density at radius 3 is 2.50 bits per heavy atom. The van der Waals surface area contributed by atoms with Gasteiger partial charge in [-0.2, -0.15) is 0 Å². The van der Waals surface area contributed by atoms with Crippen LogP contribution in [0.4, 0.5) is 5.69 Å². The van der Waals surface area contributed by atoms with E-state index in [9.17, 15) is 0 Å². The van der Waals surface area contributed by atoms with Crippen molar-refractivity contribution in [2.24, 2.45) is 5.41 Å². The zero-order valence-electron chi connectivity index (χ0n) is 13.6. The first kappa shape index (κ1) is 15.4. The van der Waals surface area contributed by atoms with Crippen molar-refractivity contribution in [1.29, 1.82) is 0 Å². The molecule has 1 aliphatic rings. The van der Waals surface area contributed by atoms with Crippen LogP contribution in [0, 0.1) is 12.3 Å². The molecule has 1 fully saturated rings. The maximum absolute atomic E-state index is 3.47. The molecule has 1 aliphatic heterocycles. The first-order valence-corrected chi connectivity index (χ1v) is 8.13. The first-order valence-electron chi connectivity index (χ1n) is 8.13. The number of nitrogens with one attached hydrogen (secondary N) is 1. The third kappa shape index (κ3) is 3.54. The number of nitrogens with zero attached hydrogens (tertiary/aromatic N) is 1. The maximum Gasteiger partial charge on any atom is 0.0412 e. The molecular formula is C18H30N2. The fraction of sp³-hybridized carbons (Fsp3) is 0.667. The van der Waals surface area contributed by atoms with Crippen molar-refractivity contribution in [2.75, 3.05) is 24.5 Å². The molecule has 2 rings (SSSR count). The molecular weight excluding hydrogens is 244 g/mol. The van der Waals surface area contributed by atoms with E-state index in [1.54, 1.807) is 0 Å². The Morgan fingerprint density at radius 2 is 1.90 bits per heavy atom. The highest BCUT2D eigenvalue weighted by molar-refractivity contribution is 5.55. The highest BCUT2D eigenvalue weighted by atomic mass is 15.1. The summed E-state index contributed by atoms with van der Waals surface area (Å²) in [5.74, 6) is 0. The molecule has 0 saturated carbocycles. The standard InChI is InChI=1S/C18H30N2/c1-5-18(4)9-11-20(12-10-18)17-8-7-15(3)13-16(17)14-19-6-2/h7-8,13,19H,5-6,9-12,14H2,1-4H3. The molecule has 0 aliphatic carbocycles. The molecule has 0 atom stereocenters.